The van der Waals surface area contributed by atoms with Crippen LogP contribution < -0.4 is 9.47 Å². The van der Waals surface area contributed by atoms with Gasteiger partial charge in [-0.3, -0.25) is 9.59 Å². The third-order valence-electron chi connectivity index (χ3n) is 4.68. The minimum absolute atomic E-state index is 0.0247. The second-order valence-corrected chi connectivity index (χ2v) is 6.31. The summed E-state index contributed by atoms with van der Waals surface area (Å²) in [5.74, 6) is 1.36. The molecule has 1 aromatic carbocycles. The van der Waals surface area contributed by atoms with Crippen molar-refractivity contribution < 1.29 is 19.1 Å². The van der Waals surface area contributed by atoms with E-state index in [2.05, 4.69) is 6.92 Å². The number of hydrogen-bond donors (Lipinski definition) is 0. The van der Waals surface area contributed by atoms with Crippen molar-refractivity contribution in [3.05, 3.63) is 23.8 Å². The lowest BCUT2D eigenvalue weighted by molar-refractivity contribution is -0.140. The fourth-order valence-electron chi connectivity index (χ4n) is 3.21. The van der Waals surface area contributed by atoms with Crippen LogP contribution in [0.5, 0.6) is 11.5 Å². The number of hydrogen-bond acceptors (Lipinski definition) is 4. The number of rotatable bonds is 7. The van der Waals surface area contributed by atoms with Gasteiger partial charge in [-0.25, -0.2) is 0 Å². The van der Waals surface area contributed by atoms with Gasteiger partial charge >= 0.3 is 5.97 Å². The summed E-state index contributed by atoms with van der Waals surface area (Å²) < 4.78 is 10.7. The van der Waals surface area contributed by atoms with E-state index in [-0.39, 0.29) is 11.9 Å². The summed E-state index contributed by atoms with van der Waals surface area (Å²) >= 11 is 0. The van der Waals surface area contributed by atoms with Crippen molar-refractivity contribution in [1.29, 1.82) is 0 Å². The number of unbranched alkanes of at least 4 members (excludes halogenated alkanes) is 1. The molecule has 0 radical (unpaired) electrons. The molecule has 0 bridgehead atoms. The quantitative estimate of drug-likeness (QED) is 0.424. The molecule has 126 valence electrons. The second-order valence-electron chi connectivity index (χ2n) is 6.31. The Hall–Kier alpha value is -1.84. The summed E-state index contributed by atoms with van der Waals surface area (Å²) in [6.45, 7) is 2.21. The van der Waals surface area contributed by atoms with Crippen LogP contribution in [0, 0.1) is 11.8 Å². The van der Waals surface area contributed by atoms with Crippen LogP contribution in [-0.2, 0) is 4.79 Å². The van der Waals surface area contributed by atoms with E-state index in [0.29, 0.717) is 17.1 Å². The summed E-state index contributed by atoms with van der Waals surface area (Å²) in [6.07, 6.45) is 8.56. The molecule has 1 aliphatic carbocycles. The zero-order valence-electron chi connectivity index (χ0n) is 14.0. The average Bonchev–Trinajstić information content (AvgIpc) is 2.60. The Morgan fingerprint density at radius 3 is 2.57 bits per heavy atom. The number of methoxy groups -OCH3 is 1. The van der Waals surface area contributed by atoms with Gasteiger partial charge in [-0.1, -0.05) is 26.2 Å². The Morgan fingerprint density at radius 1 is 1.22 bits per heavy atom. The van der Waals surface area contributed by atoms with Gasteiger partial charge in [0.05, 0.1) is 13.0 Å². The summed E-state index contributed by atoms with van der Waals surface area (Å²) in [4.78, 5) is 23.2. The monoisotopic (exact) mass is 318 g/mol. The SMILES string of the molecule is CCCCC1CCC(C(=O)Oc2ccc(C=O)cc2OC)CC1. The Labute approximate surface area is 138 Å². The van der Waals surface area contributed by atoms with Gasteiger partial charge in [0.25, 0.3) is 0 Å². The zero-order chi connectivity index (χ0) is 16.7. The highest BCUT2D eigenvalue weighted by Gasteiger charge is 2.28. The molecule has 0 aliphatic heterocycles. The summed E-state index contributed by atoms with van der Waals surface area (Å²) in [7, 11) is 1.50. The molecule has 0 amide bonds. The van der Waals surface area contributed by atoms with Crippen molar-refractivity contribution in [2.45, 2.75) is 51.9 Å². The van der Waals surface area contributed by atoms with Crippen molar-refractivity contribution in [1.82, 2.24) is 0 Å². The largest absolute Gasteiger partial charge is 0.493 e. The number of carbonyl (C=O) groups is 2. The van der Waals surface area contributed by atoms with Crippen LogP contribution in [0.2, 0.25) is 0 Å². The van der Waals surface area contributed by atoms with Gasteiger partial charge in [0.1, 0.15) is 6.29 Å². The topological polar surface area (TPSA) is 52.6 Å². The molecule has 1 saturated carbocycles. The van der Waals surface area contributed by atoms with E-state index in [1.54, 1.807) is 18.2 Å². The standard InChI is InChI=1S/C19H26O4/c1-3-4-5-14-6-9-16(10-7-14)19(21)23-17-11-8-15(13-20)12-18(17)22-2/h8,11-14,16H,3-7,9-10H2,1-2H3. The highest BCUT2D eigenvalue weighted by Crippen LogP contribution is 2.34. The lowest BCUT2D eigenvalue weighted by Gasteiger charge is -2.27. The third kappa shape index (κ3) is 4.81. The minimum atomic E-state index is -0.184. The van der Waals surface area contributed by atoms with Crippen LogP contribution in [0.1, 0.15) is 62.2 Å². The first kappa shape index (κ1) is 17.5. The Morgan fingerprint density at radius 2 is 1.96 bits per heavy atom. The number of ether oxygens (including phenoxy) is 2. The lowest BCUT2D eigenvalue weighted by atomic mass is 9.80. The van der Waals surface area contributed by atoms with E-state index >= 15 is 0 Å². The normalized spacial score (nSPS) is 20.8. The van der Waals surface area contributed by atoms with Crippen LogP contribution in [0.3, 0.4) is 0 Å². The first-order chi connectivity index (χ1) is 11.2. The molecule has 0 atom stereocenters. The maximum atomic E-state index is 12.4. The molecule has 1 aliphatic rings. The van der Waals surface area contributed by atoms with Gasteiger partial charge in [-0.15, -0.1) is 0 Å². The molecule has 0 saturated heterocycles. The van der Waals surface area contributed by atoms with Gasteiger partial charge in [0.15, 0.2) is 11.5 Å². The lowest BCUT2D eigenvalue weighted by Crippen LogP contribution is -2.25. The second kappa shape index (κ2) is 8.70. The molecule has 4 nitrogen and oxygen atoms in total. The first-order valence-corrected chi connectivity index (χ1v) is 8.52. The van der Waals surface area contributed by atoms with Gasteiger partial charge in [-0.05, 0) is 49.8 Å². The van der Waals surface area contributed by atoms with Crippen LogP contribution >= 0.6 is 0 Å². The Kier molecular flexibility index (Phi) is 6.63. The Balaban J connectivity index is 1.91. The molecule has 0 aromatic heterocycles. The molecule has 0 N–H and O–H groups in total. The van der Waals surface area contributed by atoms with E-state index in [4.69, 9.17) is 9.47 Å². The number of aldehydes is 1. The molecule has 0 heterocycles. The minimum Gasteiger partial charge on any atom is -0.493 e. The van der Waals surface area contributed by atoms with Gasteiger partial charge in [0.2, 0.25) is 0 Å². The fraction of sp³-hybridized carbons (Fsp3) is 0.579. The van der Waals surface area contributed by atoms with E-state index in [1.165, 1.54) is 26.4 Å². The first-order valence-electron chi connectivity index (χ1n) is 8.52. The summed E-state index contributed by atoms with van der Waals surface area (Å²) in [6, 6.07) is 4.82. The van der Waals surface area contributed by atoms with Gasteiger partial charge in [-0.2, -0.15) is 0 Å². The van der Waals surface area contributed by atoms with E-state index < -0.39 is 0 Å². The molecule has 2 rings (SSSR count). The molecule has 23 heavy (non-hydrogen) atoms. The molecular formula is C19H26O4. The number of carbonyl (C=O) groups excluding carboxylic acids is 2. The van der Waals surface area contributed by atoms with Crippen LogP contribution in [-0.4, -0.2) is 19.4 Å². The molecule has 4 heteroatoms. The van der Waals surface area contributed by atoms with Gasteiger partial charge < -0.3 is 9.47 Å². The number of esters is 1. The molecule has 1 aromatic rings. The molecular weight excluding hydrogens is 292 g/mol. The van der Waals surface area contributed by atoms with E-state index in [1.807, 2.05) is 0 Å². The number of benzene rings is 1. The predicted molar refractivity (Wildman–Crippen MR) is 89.0 cm³/mol. The van der Waals surface area contributed by atoms with E-state index in [0.717, 1.165) is 37.9 Å². The molecule has 0 spiro atoms. The van der Waals surface area contributed by atoms with Crippen LogP contribution in [0.25, 0.3) is 0 Å². The smallest absolute Gasteiger partial charge is 0.314 e. The fourth-order valence-corrected chi connectivity index (χ4v) is 3.21. The summed E-state index contributed by atoms with van der Waals surface area (Å²) in [5, 5.41) is 0. The highest BCUT2D eigenvalue weighted by molar-refractivity contribution is 5.79. The van der Waals surface area contributed by atoms with Crippen LogP contribution in [0.15, 0.2) is 18.2 Å². The molecule has 1 fully saturated rings. The van der Waals surface area contributed by atoms with Crippen molar-refractivity contribution in [3.63, 3.8) is 0 Å². The maximum absolute atomic E-state index is 12.4. The average molecular weight is 318 g/mol. The third-order valence-corrected chi connectivity index (χ3v) is 4.68. The zero-order valence-corrected chi connectivity index (χ0v) is 14.0. The van der Waals surface area contributed by atoms with Crippen molar-refractivity contribution in [3.8, 4) is 11.5 Å². The highest BCUT2D eigenvalue weighted by atomic mass is 16.6. The summed E-state index contributed by atoms with van der Waals surface area (Å²) in [5.41, 5.74) is 0.498. The van der Waals surface area contributed by atoms with Crippen LogP contribution in [0.4, 0.5) is 0 Å². The maximum Gasteiger partial charge on any atom is 0.314 e. The molecule has 0 unspecified atom stereocenters. The van der Waals surface area contributed by atoms with Gasteiger partial charge in [0, 0.05) is 5.56 Å². The Bertz CT molecular complexity index is 530. The van der Waals surface area contributed by atoms with Crippen molar-refractivity contribution >= 4 is 12.3 Å². The van der Waals surface area contributed by atoms with Crippen molar-refractivity contribution in [2.24, 2.45) is 11.8 Å². The predicted octanol–water partition coefficient (Wildman–Crippen LogP) is 4.41. The van der Waals surface area contributed by atoms with Crippen molar-refractivity contribution in [2.75, 3.05) is 7.11 Å². The van der Waals surface area contributed by atoms with E-state index in [9.17, 15) is 9.59 Å².